The molecule has 0 unspecified atom stereocenters. The van der Waals surface area contributed by atoms with Gasteiger partial charge in [0.25, 0.3) is 0 Å². The van der Waals surface area contributed by atoms with Crippen LogP contribution in [-0.4, -0.2) is 4.57 Å². The van der Waals surface area contributed by atoms with Crippen molar-refractivity contribution in [3.63, 3.8) is 0 Å². The molecule has 1 aromatic heterocycles. The van der Waals surface area contributed by atoms with Gasteiger partial charge in [-0.1, -0.05) is 274 Å². The number of nitrogens with zero attached hydrogens (tertiary/aromatic N) is 2. The number of fused-ring (bicyclic) bond motifs is 3. The van der Waals surface area contributed by atoms with Gasteiger partial charge >= 0.3 is 0 Å². The van der Waals surface area contributed by atoms with Gasteiger partial charge in [-0.15, -0.1) is 0 Å². The summed E-state index contributed by atoms with van der Waals surface area (Å²) in [5.74, 6) is 0. The van der Waals surface area contributed by atoms with E-state index in [2.05, 4.69) is 338 Å². The van der Waals surface area contributed by atoms with E-state index >= 15 is 0 Å². The van der Waals surface area contributed by atoms with Crippen LogP contribution >= 0.6 is 0 Å². The highest BCUT2D eigenvalue weighted by Crippen LogP contribution is 2.50. The molecule has 0 spiro atoms. The lowest BCUT2D eigenvalue weighted by Gasteiger charge is -2.32. The van der Waals surface area contributed by atoms with Crippen molar-refractivity contribution in [2.45, 2.75) is 131 Å². The number of benzene rings is 12. The third-order valence-corrected chi connectivity index (χ3v) is 18.3. The Morgan fingerprint density at radius 3 is 1.24 bits per heavy atom. The lowest BCUT2D eigenvalue weighted by atomic mass is 9.79. The molecule has 12 aromatic carbocycles. The molecule has 0 aliphatic rings. The first-order valence-electron chi connectivity index (χ1n) is 31.1. The number of hydrogen-bond donors (Lipinski definition) is 0. The summed E-state index contributed by atoms with van der Waals surface area (Å²) in [4.78, 5) is 2.56. The predicted molar refractivity (Wildman–Crippen MR) is 374 cm³/mol. The van der Waals surface area contributed by atoms with E-state index in [0.29, 0.717) is 0 Å². The largest absolute Gasteiger partial charge is 0.309 e. The van der Waals surface area contributed by atoms with Crippen LogP contribution in [0.15, 0.2) is 224 Å². The van der Waals surface area contributed by atoms with E-state index in [1.807, 2.05) is 0 Å². The molecule has 0 atom stereocenters. The fourth-order valence-electron chi connectivity index (χ4n) is 13.1. The standard InChI is InChI=1S/C84H82N2/c1-80(2,3)60-36-45-75-71(50-60)72-51-61(81(4,5)6)37-46-76(72)86(75)74-44-34-58-31-40-69-73(43-33-57-32-41-70(74)79(58)78(57)69)85(65-38-29-55(30-39-65)67-24-20-19-23-66(67)54-21-17-16-18-22-54)77-52-62(82(7,8)9)35-42-68(77)56-27-25-53(26-28-56)59-47-63(83(10,11)12)49-64(48-59)84(13,14)15/h16-52H,1-15H3. The molecule has 1 heterocycles. The Bertz CT molecular complexity index is 4620. The molecule has 0 N–H and O–H groups in total. The van der Waals surface area contributed by atoms with Gasteiger partial charge in [0.15, 0.2) is 0 Å². The fourth-order valence-corrected chi connectivity index (χ4v) is 13.1. The van der Waals surface area contributed by atoms with Gasteiger partial charge in [0.1, 0.15) is 0 Å². The SMILES string of the molecule is CC(C)(C)c1cc(-c2ccc(-c3ccc(C(C)(C)C)cc3N(c3ccc(-c4ccccc4-c4ccccc4)cc3)c3ccc4ccc5c(-n6c7ccc(C(C)(C)C)cc7c7cc(C(C)(C)C)ccc76)ccc6ccc3c4c65)cc2)cc(C(C)(C)C)c1. The van der Waals surface area contributed by atoms with E-state index in [1.54, 1.807) is 0 Å². The summed E-state index contributed by atoms with van der Waals surface area (Å²) < 4.78 is 2.54. The van der Waals surface area contributed by atoms with Crippen LogP contribution in [0, 0.1) is 0 Å². The molecular weight excluding hydrogens is 1040 g/mol. The maximum Gasteiger partial charge on any atom is 0.0543 e. The Morgan fingerprint density at radius 2 is 0.698 bits per heavy atom. The summed E-state index contributed by atoms with van der Waals surface area (Å²) in [6.45, 7) is 34.9. The van der Waals surface area contributed by atoms with E-state index in [-0.39, 0.29) is 27.1 Å². The summed E-state index contributed by atoms with van der Waals surface area (Å²) in [5.41, 5.74) is 23.2. The van der Waals surface area contributed by atoms with Crippen molar-refractivity contribution in [2.75, 3.05) is 4.90 Å². The average Bonchev–Trinajstić information content (AvgIpc) is 1.25. The summed E-state index contributed by atoms with van der Waals surface area (Å²) in [6.07, 6.45) is 0. The first kappa shape index (κ1) is 56.4. The van der Waals surface area contributed by atoms with Gasteiger partial charge < -0.3 is 9.47 Å². The minimum absolute atomic E-state index is 0.00794. The van der Waals surface area contributed by atoms with E-state index in [1.165, 1.54) is 132 Å². The van der Waals surface area contributed by atoms with Crippen molar-refractivity contribution >= 4 is 71.2 Å². The number of rotatable bonds is 8. The van der Waals surface area contributed by atoms with Crippen molar-refractivity contribution in [2.24, 2.45) is 0 Å². The Kier molecular flexibility index (Phi) is 13.4. The Labute approximate surface area is 511 Å². The van der Waals surface area contributed by atoms with Crippen LogP contribution in [0.2, 0.25) is 0 Å². The lowest BCUT2D eigenvalue weighted by molar-refractivity contribution is 0.569. The molecule has 0 fully saturated rings. The van der Waals surface area contributed by atoms with Gasteiger partial charge in [0, 0.05) is 32.8 Å². The zero-order valence-electron chi connectivity index (χ0n) is 53.3. The van der Waals surface area contributed by atoms with E-state index < -0.39 is 0 Å². The zero-order chi connectivity index (χ0) is 60.4. The van der Waals surface area contributed by atoms with Crippen LogP contribution in [-0.2, 0) is 27.1 Å². The molecule has 13 rings (SSSR count). The second kappa shape index (κ2) is 20.5. The summed E-state index contributed by atoms with van der Waals surface area (Å²) in [5, 5.41) is 10.0. The van der Waals surface area contributed by atoms with Crippen molar-refractivity contribution in [1.29, 1.82) is 0 Å². The predicted octanol–water partition coefficient (Wildman–Crippen LogP) is 24.3. The van der Waals surface area contributed by atoms with E-state index in [4.69, 9.17) is 0 Å². The Balaban J connectivity index is 1.04. The minimum atomic E-state index is -0.120. The molecule has 2 nitrogen and oxygen atoms in total. The third kappa shape index (κ3) is 10.1. The fraction of sp³-hybridized carbons (Fsp3) is 0.238. The van der Waals surface area contributed by atoms with Gasteiger partial charge in [-0.25, -0.2) is 0 Å². The first-order valence-corrected chi connectivity index (χ1v) is 31.1. The second-order valence-electron chi connectivity index (χ2n) is 29.5. The maximum atomic E-state index is 2.56. The maximum absolute atomic E-state index is 2.56. The number of hydrogen-bond acceptors (Lipinski definition) is 1. The first-order chi connectivity index (χ1) is 40.8. The van der Waals surface area contributed by atoms with Crippen LogP contribution in [0.3, 0.4) is 0 Å². The lowest BCUT2D eigenvalue weighted by Crippen LogP contribution is -2.16. The molecule has 0 radical (unpaired) electrons. The molecule has 0 saturated carbocycles. The molecule has 0 amide bonds. The quantitative estimate of drug-likeness (QED) is 0.138. The van der Waals surface area contributed by atoms with Crippen LogP contribution in [0.5, 0.6) is 0 Å². The molecule has 13 aromatic rings. The minimum Gasteiger partial charge on any atom is -0.309 e. The van der Waals surface area contributed by atoms with Crippen molar-refractivity contribution in [1.82, 2.24) is 4.57 Å². The van der Waals surface area contributed by atoms with Gasteiger partial charge in [-0.05, 0) is 170 Å². The van der Waals surface area contributed by atoms with Gasteiger partial charge in [-0.3, -0.25) is 0 Å². The zero-order valence-corrected chi connectivity index (χ0v) is 53.3. The van der Waals surface area contributed by atoms with Crippen LogP contribution in [0.25, 0.3) is 104 Å². The Hall–Kier alpha value is -8.72. The smallest absolute Gasteiger partial charge is 0.0543 e. The summed E-state index contributed by atoms with van der Waals surface area (Å²) in [7, 11) is 0. The van der Waals surface area contributed by atoms with Crippen LogP contribution < -0.4 is 4.90 Å². The normalized spacial score (nSPS) is 12.8. The number of aromatic nitrogens is 1. The van der Waals surface area contributed by atoms with E-state index in [9.17, 15) is 0 Å². The highest BCUT2D eigenvalue weighted by atomic mass is 15.1. The molecule has 0 bridgehead atoms. The second-order valence-corrected chi connectivity index (χ2v) is 29.5. The van der Waals surface area contributed by atoms with E-state index in [0.717, 1.165) is 17.1 Å². The molecule has 86 heavy (non-hydrogen) atoms. The van der Waals surface area contributed by atoms with Crippen molar-refractivity contribution < 1.29 is 0 Å². The highest BCUT2D eigenvalue weighted by Gasteiger charge is 2.28. The molecule has 0 aliphatic heterocycles. The van der Waals surface area contributed by atoms with Gasteiger partial charge in [0.2, 0.25) is 0 Å². The van der Waals surface area contributed by atoms with Gasteiger partial charge in [0.05, 0.1) is 28.1 Å². The van der Waals surface area contributed by atoms with Crippen molar-refractivity contribution in [3.8, 4) is 50.2 Å². The molecular formula is C84H82N2. The molecule has 2 heteroatoms. The van der Waals surface area contributed by atoms with Crippen molar-refractivity contribution in [3.05, 3.63) is 252 Å². The monoisotopic (exact) mass is 1120 g/mol. The van der Waals surface area contributed by atoms with Gasteiger partial charge in [-0.2, -0.15) is 0 Å². The Morgan fingerprint density at radius 1 is 0.267 bits per heavy atom. The molecule has 0 aliphatic carbocycles. The van der Waals surface area contributed by atoms with Crippen LogP contribution in [0.1, 0.15) is 132 Å². The third-order valence-electron chi connectivity index (χ3n) is 18.3. The number of anilines is 3. The average molecular weight is 1120 g/mol. The topological polar surface area (TPSA) is 8.17 Å². The highest BCUT2D eigenvalue weighted by molar-refractivity contribution is 6.27. The molecule has 0 saturated heterocycles. The van der Waals surface area contributed by atoms with Crippen LogP contribution in [0.4, 0.5) is 17.1 Å². The summed E-state index contributed by atoms with van der Waals surface area (Å²) >= 11 is 0. The molecule has 428 valence electrons. The summed E-state index contributed by atoms with van der Waals surface area (Å²) in [6, 6.07) is 86.0.